The van der Waals surface area contributed by atoms with Crippen molar-refractivity contribution in [3.05, 3.63) is 59.2 Å². The second kappa shape index (κ2) is 9.53. The van der Waals surface area contributed by atoms with Crippen molar-refractivity contribution in [2.24, 2.45) is 0 Å². The fourth-order valence-electron chi connectivity index (χ4n) is 2.48. The third-order valence-electron chi connectivity index (χ3n) is 4.24. The van der Waals surface area contributed by atoms with E-state index in [-0.39, 0.29) is 30.5 Å². The summed E-state index contributed by atoms with van der Waals surface area (Å²) < 4.78 is 32.6. The van der Waals surface area contributed by atoms with Crippen LogP contribution in [0.4, 0.5) is 0 Å². The van der Waals surface area contributed by atoms with E-state index < -0.39 is 10.0 Å². The van der Waals surface area contributed by atoms with E-state index in [9.17, 15) is 13.2 Å². The van der Waals surface area contributed by atoms with Gasteiger partial charge in [-0.3, -0.25) is 4.79 Å². The third-order valence-corrected chi connectivity index (χ3v) is 5.70. The highest BCUT2D eigenvalue weighted by Gasteiger charge is 2.14. The molecule has 0 aromatic heterocycles. The highest BCUT2D eigenvalue weighted by atomic mass is 32.2. The van der Waals surface area contributed by atoms with Gasteiger partial charge in [-0.25, -0.2) is 13.1 Å². The highest BCUT2D eigenvalue weighted by Crippen LogP contribution is 2.18. The third kappa shape index (κ3) is 6.08. The maximum absolute atomic E-state index is 12.3. The van der Waals surface area contributed by atoms with E-state index in [1.165, 1.54) is 0 Å². The Morgan fingerprint density at radius 3 is 2.48 bits per heavy atom. The monoisotopic (exact) mass is 390 g/mol. The predicted molar refractivity (Wildman–Crippen MR) is 105 cm³/mol. The number of amides is 1. The van der Waals surface area contributed by atoms with Crippen molar-refractivity contribution in [1.82, 2.24) is 10.0 Å². The number of ether oxygens (including phenoxy) is 1. The van der Waals surface area contributed by atoms with E-state index >= 15 is 0 Å². The molecule has 0 saturated heterocycles. The van der Waals surface area contributed by atoms with Gasteiger partial charge < -0.3 is 10.1 Å². The van der Waals surface area contributed by atoms with Crippen LogP contribution in [0.15, 0.2) is 47.4 Å². The van der Waals surface area contributed by atoms with Gasteiger partial charge in [0.1, 0.15) is 5.75 Å². The van der Waals surface area contributed by atoms with Gasteiger partial charge in [0.25, 0.3) is 5.91 Å². The molecule has 0 saturated carbocycles. The first kappa shape index (κ1) is 20.9. The van der Waals surface area contributed by atoms with Crippen LogP contribution in [0.1, 0.15) is 23.6 Å². The maximum Gasteiger partial charge on any atom is 0.257 e. The zero-order chi connectivity index (χ0) is 19.9. The van der Waals surface area contributed by atoms with E-state index in [0.717, 1.165) is 23.1 Å². The quantitative estimate of drug-likeness (QED) is 0.644. The first-order valence-electron chi connectivity index (χ1n) is 8.88. The van der Waals surface area contributed by atoms with Gasteiger partial charge in [-0.05, 0) is 55.2 Å². The van der Waals surface area contributed by atoms with Crippen LogP contribution in [0.25, 0.3) is 0 Å². The topological polar surface area (TPSA) is 84.5 Å². The molecule has 2 aromatic carbocycles. The van der Waals surface area contributed by atoms with Gasteiger partial charge in [-0.2, -0.15) is 0 Å². The van der Waals surface area contributed by atoms with Crippen molar-refractivity contribution >= 4 is 15.9 Å². The molecule has 0 aliphatic carbocycles. The first-order valence-corrected chi connectivity index (χ1v) is 10.4. The van der Waals surface area contributed by atoms with Gasteiger partial charge in [-0.15, -0.1) is 0 Å². The van der Waals surface area contributed by atoms with Crippen LogP contribution in [0, 0.1) is 13.8 Å². The average molecular weight is 391 g/mol. The summed E-state index contributed by atoms with van der Waals surface area (Å²) in [5.74, 6) is 0.386. The molecule has 0 bridgehead atoms. The van der Waals surface area contributed by atoms with E-state index in [2.05, 4.69) is 10.0 Å². The number of carbonyl (C=O) groups excluding carboxylic acids is 1. The largest absolute Gasteiger partial charge is 0.483 e. The number of hydrogen-bond acceptors (Lipinski definition) is 4. The summed E-state index contributed by atoms with van der Waals surface area (Å²) in [5.41, 5.74) is 2.98. The zero-order valence-corrected chi connectivity index (χ0v) is 16.7. The summed E-state index contributed by atoms with van der Waals surface area (Å²) in [4.78, 5) is 12.1. The van der Waals surface area contributed by atoms with Crippen LogP contribution in [-0.4, -0.2) is 34.0 Å². The lowest BCUT2D eigenvalue weighted by atomic mass is 10.1. The molecular weight excluding hydrogens is 364 g/mol. The Balaban J connectivity index is 1.77. The van der Waals surface area contributed by atoms with Crippen molar-refractivity contribution in [2.45, 2.75) is 32.1 Å². The second-order valence-corrected chi connectivity index (χ2v) is 8.01. The number of aryl methyl sites for hydroxylation is 3. The van der Waals surface area contributed by atoms with E-state index in [1.807, 2.05) is 45.0 Å². The van der Waals surface area contributed by atoms with Crippen LogP contribution < -0.4 is 14.8 Å². The van der Waals surface area contributed by atoms with E-state index in [0.29, 0.717) is 5.75 Å². The molecule has 0 radical (unpaired) electrons. The number of sulfonamides is 1. The Kier molecular flexibility index (Phi) is 7.38. The Morgan fingerprint density at radius 2 is 1.78 bits per heavy atom. The molecule has 0 atom stereocenters. The number of rotatable bonds is 9. The molecule has 6 nitrogen and oxygen atoms in total. The molecule has 2 rings (SSSR count). The molecule has 0 aliphatic heterocycles. The number of benzene rings is 2. The first-order chi connectivity index (χ1) is 12.8. The molecule has 0 aliphatic rings. The van der Waals surface area contributed by atoms with Gasteiger partial charge >= 0.3 is 0 Å². The summed E-state index contributed by atoms with van der Waals surface area (Å²) in [7, 11) is -3.59. The lowest BCUT2D eigenvalue weighted by molar-refractivity contribution is -0.123. The van der Waals surface area contributed by atoms with Crippen molar-refractivity contribution in [2.75, 3.05) is 19.7 Å². The molecule has 146 valence electrons. The van der Waals surface area contributed by atoms with E-state index in [4.69, 9.17) is 4.74 Å². The van der Waals surface area contributed by atoms with Crippen molar-refractivity contribution in [3.63, 3.8) is 0 Å². The molecule has 27 heavy (non-hydrogen) atoms. The molecule has 1 amide bonds. The fourth-order valence-corrected chi connectivity index (χ4v) is 3.60. The minimum Gasteiger partial charge on any atom is -0.483 e. The molecular formula is C20H26N2O4S. The summed E-state index contributed by atoms with van der Waals surface area (Å²) in [5, 5.41) is 2.64. The Morgan fingerprint density at radius 1 is 1.04 bits per heavy atom. The summed E-state index contributed by atoms with van der Waals surface area (Å²) in [6.45, 7) is 5.99. The Labute approximate surface area is 161 Å². The second-order valence-electron chi connectivity index (χ2n) is 6.24. The van der Waals surface area contributed by atoms with Crippen molar-refractivity contribution in [1.29, 1.82) is 0 Å². The normalized spacial score (nSPS) is 11.2. The van der Waals surface area contributed by atoms with Crippen molar-refractivity contribution < 1.29 is 17.9 Å². The predicted octanol–water partition coefficient (Wildman–Crippen LogP) is 2.34. The molecule has 0 unspecified atom stereocenters. The van der Waals surface area contributed by atoms with Gasteiger partial charge in [0, 0.05) is 13.1 Å². The summed E-state index contributed by atoms with van der Waals surface area (Å²) >= 11 is 0. The summed E-state index contributed by atoms with van der Waals surface area (Å²) in [6, 6.07) is 12.5. The van der Waals surface area contributed by atoms with Crippen LogP contribution in [0.2, 0.25) is 0 Å². The minimum atomic E-state index is -3.59. The van der Waals surface area contributed by atoms with Crippen molar-refractivity contribution in [3.8, 4) is 5.75 Å². The van der Waals surface area contributed by atoms with Gasteiger partial charge in [0.05, 0.1) is 4.90 Å². The number of carbonyl (C=O) groups is 1. The van der Waals surface area contributed by atoms with Crippen LogP contribution in [0.5, 0.6) is 5.75 Å². The molecule has 0 heterocycles. The molecule has 7 heteroatoms. The van der Waals surface area contributed by atoms with Gasteiger partial charge in [0.15, 0.2) is 6.61 Å². The lowest BCUT2D eigenvalue weighted by Crippen LogP contribution is -2.36. The van der Waals surface area contributed by atoms with Crippen LogP contribution in [0.3, 0.4) is 0 Å². The standard InChI is InChI=1S/C20H26N2O4S/c1-4-17-7-5-6-8-19(17)26-14-20(23)21-11-12-22-27(24,25)18-10-9-15(2)16(3)13-18/h5-10,13,22H,4,11-12,14H2,1-3H3,(H,21,23). The molecule has 2 aromatic rings. The maximum atomic E-state index is 12.3. The fraction of sp³-hybridized carbons (Fsp3) is 0.350. The summed E-state index contributed by atoms with van der Waals surface area (Å²) in [6.07, 6.45) is 0.818. The van der Waals surface area contributed by atoms with E-state index in [1.54, 1.807) is 18.2 Å². The number of para-hydroxylation sites is 1. The lowest BCUT2D eigenvalue weighted by Gasteiger charge is -2.11. The zero-order valence-electron chi connectivity index (χ0n) is 15.9. The molecule has 2 N–H and O–H groups in total. The average Bonchev–Trinajstić information content (AvgIpc) is 2.65. The van der Waals surface area contributed by atoms with Crippen LogP contribution in [-0.2, 0) is 21.2 Å². The Bertz CT molecular complexity index is 895. The molecule has 0 fully saturated rings. The van der Waals surface area contributed by atoms with Gasteiger partial charge in [-0.1, -0.05) is 31.2 Å². The van der Waals surface area contributed by atoms with Gasteiger partial charge in [0.2, 0.25) is 10.0 Å². The SMILES string of the molecule is CCc1ccccc1OCC(=O)NCCNS(=O)(=O)c1ccc(C)c(C)c1. The smallest absolute Gasteiger partial charge is 0.257 e. The Hall–Kier alpha value is -2.38. The highest BCUT2D eigenvalue weighted by molar-refractivity contribution is 7.89. The molecule has 0 spiro atoms. The van der Waals surface area contributed by atoms with Crippen LogP contribution >= 0.6 is 0 Å². The number of hydrogen-bond donors (Lipinski definition) is 2. The minimum absolute atomic E-state index is 0.104. The number of nitrogens with one attached hydrogen (secondary N) is 2.